The van der Waals surface area contributed by atoms with E-state index in [-0.39, 0.29) is 0 Å². The monoisotopic (exact) mass is 195 g/mol. The van der Waals surface area contributed by atoms with Gasteiger partial charge in [0.2, 0.25) is 0 Å². The maximum Gasteiger partial charge on any atom is 0.113 e. The maximum absolute atomic E-state index is 6.02. The minimum absolute atomic E-state index is 0.731. The van der Waals surface area contributed by atoms with Crippen LogP contribution < -0.4 is 5.01 Å². The van der Waals surface area contributed by atoms with Gasteiger partial charge in [0.15, 0.2) is 0 Å². The van der Waals surface area contributed by atoms with Gasteiger partial charge in [0.1, 0.15) is 13.0 Å². The minimum Gasteiger partial charge on any atom is -0.345 e. The number of anilines is 1. The zero-order valence-electron chi connectivity index (χ0n) is 7.31. The molecule has 1 aromatic carbocycles. The fraction of sp³-hybridized carbons (Fsp3) is 0.222. The van der Waals surface area contributed by atoms with Crippen molar-refractivity contribution in [1.29, 1.82) is 0 Å². The van der Waals surface area contributed by atoms with Crippen LogP contribution >= 0.6 is 11.6 Å². The van der Waals surface area contributed by atoms with E-state index in [1.54, 1.807) is 6.34 Å². The number of rotatable bonds is 1. The van der Waals surface area contributed by atoms with Crippen molar-refractivity contribution in [2.24, 2.45) is 5.10 Å². The molecule has 0 aliphatic carbocycles. The molecule has 0 saturated heterocycles. The maximum atomic E-state index is 6.02. The SMILES string of the molecule is CN1C=NN(c2ccccc2Cl)C1. The molecule has 3 nitrogen and oxygen atoms in total. The molecule has 0 radical (unpaired) electrons. The lowest BCUT2D eigenvalue weighted by Crippen LogP contribution is -2.22. The van der Waals surface area contributed by atoms with E-state index in [0.29, 0.717) is 0 Å². The summed E-state index contributed by atoms with van der Waals surface area (Å²) in [7, 11) is 1.97. The lowest BCUT2D eigenvalue weighted by molar-refractivity contribution is 0.549. The Balaban J connectivity index is 2.27. The average Bonchev–Trinajstić information content (AvgIpc) is 2.53. The van der Waals surface area contributed by atoms with Crippen LogP contribution in [0.2, 0.25) is 5.02 Å². The molecule has 0 N–H and O–H groups in total. The van der Waals surface area contributed by atoms with Crippen LogP contribution in [-0.4, -0.2) is 25.0 Å². The van der Waals surface area contributed by atoms with Gasteiger partial charge in [-0.3, -0.25) is 0 Å². The van der Waals surface area contributed by atoms with Crippen LogP contribution in [0.3, 0.4) is 0 Å². The highest BCUT2D eigenvalue weighted by Crippen LogP contribution is 2.26. The standard InChI is InChI=1S/C9H10ClN3/c1-12-6-11-13(7-12)9-5-3-2-4-8(9)10/h2-6H,7H2,1H3. The van der Waals surface area contributed by atoms with Crippen molar-refractivity contribution in [3.05, 3.63) is 29.3 Å². The van der Waals surface area contributed by atoms with Crippen molar-refractivity contribution in [1.82, 2.24) is 4.90 Å². The second kappa shape index (κ2) is 3.26. The van der Waals surface area contributed by atoms with Gasteiger partial charge in [-0.25, -0.2) is 5.01 Å². The van der Waals surface area contributed by atoms with Gasteiger partial charge in [0.05, 0.1) is 10.7 Å². The first-order chi connectivity index (χ1) is 6.27. The van der Waals surface area contributed by atoms with Crippen LogP contribution in [-0.2, 0) is 0 Å². The Labute approximate surface area is 82.2 Å². The molecule has 13 heavy (non-hydrogen) atoms. The van der Waals surface area contributed by atoms with Crippen LogP contribution in [0.25, 0.3) is 0 Å². The molecule has 68 valence electrons. The van der Waals surface area contributed by atoms with Crippen LogP contribution in [0.15, 0.2) is 29.4 Å². The third-order valence-electron chi connectivity index (χ3n) is 1.88. The molecule has 0 amide bonds. The molecule has 2 rings (SSSR count). The van der Waals surface area contributed by atoms with E-state index in [9.17, 15) is 0 Å². The van der Waals surface area contributed by atoms with E-state index < -0.39 is 0 Å². The Hall–Kier alpha value is -1.22. The van der Waals surface area contributed by atoms with Crippen LogP contribution in [0, 0.1) is 0 Å². The first-order valence-corrected chi connectivity index (χ1v) is 4.41. The van der Waals surface area contributed by atoms with Gasteiger partial charge >= 0.3 is 0 Å². The lowest BCUT2D eigenvalue weighted by Gasteiger charge is -2.16. The van der Waals surface area contributed by atoms with Gasteiger partial charge in [0.25, 0.3) is 0 Å². The zero-order valence-corrected chi connectivity index (χ0v) is 8.07. The fourth-order valence-electron chi connectivity index (χ4n) is 1.23. The number of para-hydroxylation sites is 1. The molecule has 1 aliphatic heterocycles. The smallest absolute Gasteiger partial charge is 0.113 e. The second-order valence-corrected chi connectivity index (χ2v) is 3.39. The molecule has 0 fully saturated rings. The number of nitrogens with zero attached hydrogens (tertiary/aromatic N) is 3. The van der Waals surface area contributed by atoms with Crippen molar-refractivity contribution >= 4 is 23.6 Å². The van der Waals surface area contributed by atoms with E-state index in [1.165, 1.54) is 0 Å². The van der Waals surface area contributed by atoms with Gasteiger partial charge in [0, 0.05) is 7.05 Å². The highest BCUT2D eigenvalue weighted by molar-refractivity contribution is 6.33. The molecule has 0 bridgehead atoms. The van der Waals surface area contributed by atoms with Crippen LogP contribution in [0.1, 0.15) is 0 Å². The number of hydrogen-bond acceptors (Lipinski definition) is 3. The first kappa shape index (κ1) is 8.38. The molecule has 0 atom stereocenters. The summed E-state index contributed by atoms with van der Waals surface area (Å²) in [6.45, 7) is 0.754. The van der Waals surface area contributed by atoms with E-state index >= 15 is 0 Å². The molecule has 0 unspecified atom stereocenters. The number of hydrogen-bond donors (Lipinski definition) is 0. The summed E-state index contributed by atoms with van der Waals surface area (Å²) in [6, 6.07) is 7.69. The number of benzene rings is 1. The topological polar surface area (TPSA) is 18.8 Å². The molecular formula is C9H10ClN3. The Kier molecular flexibility index (Phi) is 2.10. The summed E-state index contributed by atoms with van der Waals surface area (Å²) < 4.78 is 0. The quantitative estimate of drug-likeness (QED) is 0.683. The van der Waals surface area contributed by atoms with Crippen molar-refractivity contribution in [2.75, 3.05) is 18.7 Å². The van der Waals surface area contributed by atoms with Crippen molar-refractivity contribution in [3.63, 3.8) is 0 Å². The number of halogens is 1. The third-order valence-corrected chi connectivity index (χ3v) is 2.20. The molecular weight excluding hydrogens is 186 g/mol. The average molecular weight is 196 g/mol. The second-order valence-electron chi connectivity index (χ2n) is 2.98. The Morgan fingerprint density at radius 2 is 2.15 bits per heavy atom. The number of hydrazone groups is 1. The largest absolute Gasteiger partial charge is 0.345 e. The molecule has 0 spiro atoms. The Morgan fingerprint density at radius 1 is 1.38 bits per heavy atom. The van der Waals surface area contributed by atoms with Crippen molar-refractivity contribution < 1.29 is 0 Å². The van der Waals surface area contributed by atoms with Crippen molar-refractivity contribution in [2.45, 2.75) is 0 Å². The summed E-state index contributed by atoms with van der Waals surface area (Å²) in [5.41, 5.74) is 0.949. The van der Waals surface area contributed by atoms with Crippen LogP contribution in [0.5, 0.6) is 0 Å². The molecule has 1 heterocycles. The predicted molar refractivity (Wildman–Crippen MR) is 55.1 cm³/mol. The molecule has 0 saturated carbocycles. The minimum atomic E-state index is 0.731. The zero-order chi connectivity index (χ0) is 9.26. The van der Waals surface area contributed by atoms with Crippen LogP contribution in [0.4, 0.5) is 5.69 Å². The van der Waals surface area contributed by atoms with Gasteiger partial charge in [-0.2, -0.15) is 5.10 Å². The highest BCUT2D eigenvalue weighted by Gasteiger charge is 2.13. The Morgan fingerprint density at radius 3 is 2.77 bits per heavy atom. The van der Waals surface area contributed by atoms with Crippen molar-refractivity contribution in [3.8, 4) is 0 Å². The summed E-state index contributed by atoms with van der Waals surface area (Å²) in [4.78, 5) is 1.99. The van der Waals surface area contributed by atoms with Gasteiger partial charge in [-0.05, 0) is 12.1 Å². The fourth-order valence-corrected chi connectivity index (χ4v) is 1.47. The van der Waals surface area contributed by atoms with Gasteiger partial charge in [-0.15, -0.1) is 0 Å². The highest BCUT2D eigenvalue weighted by atomic mass is 35.5. The summed E-state index contributed by atoms with van der Waals surface area (Å²) >= 11 is 6.02. The summed E-state index contributed by atoms with van der Waals surface area (Å²) in [5.74, 6) is 0. The van der Waals surface area contributed by atoms with Gasteiger partial charge < -0.3 is 4.90 Å². The molecule has 1 aromatic rings. The molecule has 1 aliphatic rings. The van der Waals surface area contributed by atoms with E-state index in [4.69, 9.17) is 11.6 Å². The summed E-state index contributed by atoms with van der Waals surface area (Å²) in [6.07, 6.45) is 1.78. The molecule has 0 aromatic heterocycles. The normalized spacial score (nSPS) is 15.5. The third kappa shape index (κ3) is 1.60. The van der Waals surface area contributed by atoms with E-state index in [1.807, 2.05) is 41.2 Å². The lowest BCUT2D eigenvalue weighted by atomic mass is 10.3. The summed E-state index contributed by atoms with van der Waals surface area (Å²) in [5, 5.41) is 6.79. The first-order valence-electron chi connectivity index (χ1n) is 4.04. The van der Waals surface area contributed by atoms with E-state index in [0.717, 1.165) is 17.4 Å². The van der Waals surface area contributed by atoms with E-state index in [2.05, 4.69) is 5.10 Å². The molecule has 4 heteroatoms. The Bertz CT molecular complexity index is 337. The predicted octanol–water partition coefficient (Wildman–Crippen LogP) is 1.99. The van der Waals surface area contributed by atoms with Gasteiger partial charge in [-0.1, -0.05) is 23.7 Å².